The minimum Gasteiger partial charge on any atom is -0.490 e. The predicted molar refractivity (Wildman–Crippen MR) is 182 cm³/mol. The Kier molecular flexibility index (Phi) is 9.72. The molecule has 242 valence electrons. The van der Waals surface area contributed by atoms with Crippen molar-refractivity contribution in [3.63, 3.8) is 0 Å². The predicted octanol–water partition coefficient (Wildman–Crippen LogP) is 8.77. The summed E-state index contributed by atoms with van der Waals surface area (Å²) in [7, 11) is 1.71. The summed E-state index contributed by atoms with van der Waals surface area (Å²) in [5.41, 5.74) is 7.72. The zero-order valence-corrected chi connectivity index (χ0v) is 29.8. The van der Waals surface area contributed by atoms with Gasteiger partial charge in [0.15, 0.2) is 23.1 Å². The summed E-state index contributed by atoms with van der Waals surface area (Å²) in [6.45, 7) is 17.0. The fourth-order valence-electron chi connectivity index (χ4n) is 7.22. The second kappa shape index (κ2) is 13.1. The standard InChI is InChI=1S/C38H48BrNO5/c1-9-44-32-17-26(16-27(39)36(32)45-22-25-12-11-23(2)24(3)15-25)33-34-28(18-37(4,5)20-30(34)41)40(13-10-14-43-8)29-19-38(6,7)21-31(42)35(29)33/h11-12,15-17,33H,9-10,13-14,18-22H2,1-8H3. The highest BCUT2D eigenvalue weighted by Gasteiger charge is 2.49. The van der Waals surface area contributed by atoms with Crippen LogP contribution >= 0.6 is 15.9 Å². The van der Waals surface area contributed by atoms with E-state index in [9.17, 15) is 9.59 Å². The molecule has 0 amide bonds. The minimum atomic E-state index is -0.454. The van der Waals surface area contributed by atoms with Crippen LogP contribution in [0, 0.1) is 24.7 Å². The fraction of sp³-hybridized carbons (Fsp3) is 0.526. The number of ether oxygens (including phenoxy) is 3. The maximum absolute atomic E-state index is 14.2. The lowest BCUT2D eigenvalue weighted by Crippen LogP contribution is -2.44. The van der Waals surface area contributed by atoms with Crippen LogP contribution < -0.4 is 9.47 Å². The number of aryl methyl sites for hydroxylation is 2. The van der Waals surface area contributed by atoms with Crippen molar-refractivity contribution in [1.82, 2.24) is 4.90 Å². The van der Waals surface area contributed by atoms with E-state index in [0.717, 1.165) is 57.4 Å². The van der Waals surface area contributed by atoms with E-state index in [-0.39, 0.29) is 22.4 Å². The van der Waals surface area contributed by atoms with Crippen molar-refractivity contribution in [3.8, 4) is 11.5 Å². The van der Waals surface area contributed by atoms with Gasteiger partial charge in [0.05, 0.1) is 11.1 Å². The first-order chi connectivity index (χ1) is 21.2. The second-order valence-electron chi connectivity index (χ2n) is 14.5. The first-order valence-electron chi connectivity index (χ1n) is 16.2. The van der Waals surface area contributed by atoms with E-state index in [2.05, 4.69) is 80.6 Å². The Bertz CT molecular complexity index is 1510. The third-order valence-corrected chi connectivity index (χ3v) is 9.96. The average molecular weight is 679 g/mol. The second-order valence-corrected chi connectivity index (χ2v) is 15.4. The van der Waals surface area contributed by atoms with E-state index in [0.29, 0.717) is 50.7 Å². The number of allylic oxidation sites excluding steroid dienone is 4. The summed E-state index contributed by atoms with van der Waals surface area (Å²) >= 11 is 3.80. The molecular formula is C38H48BrNO5. The molecule has 0 spiro atoms. The van der Waals surface area contributed by atoms with E-state index in [1.54, 1.807) is 7.11 Å². The lowest BCUT2D eigenvalue weighted by atomic mass is 9.63. The van der Waals surface area contributed by atoms with Crippen molar-refractivity contribution < 1.29 is 23.8 Å². The summed E-state index contributed by atoms with van der Waals surface area (Å²) < 4.78 is 18.7. The van der Waals surface area contributed by atoms with Crippen molar-refractivity contribution in [2.24, 2.45) is 10.8 Å². The molecule has 0 bridgehead atoms. The Morgan fingerprint density at radius 3 is 2.04 bits per heavy atom. The number of benzene rings is 2. The van der Waals surface area contributed by atoms with Crippen molar-refractivity contribution in [3.05, 3.63) is 79.6 Å². The van der Waals surface area contributed by atoms with Gasteiger partial charge in [-0.1, -0.05) is 45.9 Å². The maximum Gasteiger partial charge on any atom is 0.175 e. The van der Waals surface area contributed by atoms with Gasteiger partial charge >= 0.3 is 0 Å². The van der Waals surface area contributed by atoms with Crippen molar-refractivity contribution in [1.29, 1.82) is 0 Å². The Labute approximate surface area is 277 Å². The summed E-state index contributed by atoms with van der Waals surface area (Å²) in [6.07, 6.45) is 3.27. The van der Waals surface area contributed by atoms with E-state index < -0.39 is 5.92 Å². The molecule has 0 aromatic heterocycles. The SMILES string of the molecule is CCOc1cc(C2C3=C(CC(C)(C)CC3=O)N(CCCOC)C3=C2C(=O)CC(C)(C)C3)cc(Br)c1OCc1ccc(C)c(C)c1. The third-order valence-electron chi connectivity index (χ3n) is 9.37. The molecule has 0 N–H and O–H groups in total. The molecule has 2 aromatic carbocycles. The number of carbonyl (C=O) groups is 2. The fourth-order valence-corrected chi connectivity index (χ4v) is 7.80. The van der Waals surface area contributed by atoms with E-state index >= 15 is 0 Å². The van der Waals surface area contributed by atoms with Crippen LogP contribution in [0.1, 0.15) is 94.9 Å². The number of hydrogen-bond donors (Lipinski definition) is 0. The smallest absolute Gasteiger partial charge is 0.175 e. The van der Waals surface area contributed by atoms with Crippen molar-refractivity contribution in [2.45, 2.75) is 93.1 Å². The first-order valence-corrected chi connectivity index (χ1v) is 17.0. The first kappa shape index (κ1) is 33.5. The van der Waals surface area contributed by atoms with Crippen molar-refractivity contribution >= 4 is 27.5 Å². The van der Waals surface area contributed by atoms with Gasteiger partial charge in [0.1, 0.15) is 6.61 Å². The van der Waals surface area contributed by atoms with Crippen molar-refractivity contribution in [2.75, 3.05) is 26.9 Å². The highest BCUT2D eigenvalue weighted by molar-refractivity contribution is 9.10. The average Bonchev–Trinajstić information content (AvgIpc) is 2.93. The molecule has 0 saturated heterocycles. The van der Waals surface area contributed by atoms with Crippen LogP contribution in [0.5, 0.6) is 11.5 Å². The van der Waals surface area contributed by atoms with E-state index in [1.165, 1.54) is 11.1 Å². The summed E-state index contributed by atoms with van der Waals surface area (Å²) in [5.74, 6) is 1.01. The third kappa shape index (κ3) is 6.95. The number of rotatable bonds is 10. The van der Waals surface area contributed by atoms with Crippen LogP contribution in [0.4, 0.5) is 0 Å². The number of methoxy groups -OCH3 is 1. The highest BCUT2D eigenvalue weighted by Crippen LogP contribution is 2.55. The number of halogens is 1. The summed E-state index contributed by atoms with van der Waals surface area (Å²) in [4.78, 5) is 30.7. The van der Waals surface area contributed by atoms with Crippen LogP contribution in [-0.2, 0) is 20.9 Å². The normalized spacial score (nSPS) is 19.5. The molecule has 5 rings (SSSR count). The molecule has 1 aliphatic heterocycles. The van der Waals surface area contributed by atoms with Gasteiger partial charge in [-0.05, 0) is 101 Å². The monoisotopic (exact) mass is 677 g/mol. The molecule has 0 unspecified atom stereocenters. The van der Waals surface area contributed by atoms with Gasteiger partial charge in [-0.3, -0.25) is 9.59 Å². The molecule has 2 aliphatic carbocycles. The molecule has 0 saturated carbocycles. The molecule has 1 heterocycles. The van der Waals surface area contributed by atoms with Crippen LogP contribution in [0.15, 0.2) is 57.3 Å². The molecular weight excluding hydrogens is 630 g/mol. The zero-order valence-electron chi connectivity index (χ0n) is 28.2. The number of ketones is 2. The van der Waals surface area contributed by atoms with Gasteiger partial charge in [-0.2, -0.15) is 0 Å². The zero-order chi connectivity index (χ0) is 32.7. The lowest BCUT2D eigenvalue weighted by Gasteiger charge is -2.49. The van der Waals surface area contributed by atoms with Crippen LogP contribution in [-0.4, -0.2) is 43.3 Å². The van der Waals surface area contributed by atoms with Gasteiger partial charge < -0.3 is 19.1 Å². The molecule has 0 radical (unpaired) electrons. The largest absolute Gasteiger partial charge is 0.490 e. The molecule has 45 heavy (non-hydrogen) atoms. The van der Waals surface area contributed by atoms with Gasteiger partial charge in [-0.25, -0.2) is 0 Å². The van der Waals surface area contributed by atoms with Gasteiger partial charge in [0.2, 0.25) is 0 Å². The van der Waals surface area contributed by atoms with Crippen LogP contribution in [0.3, 0.4) is 0 Å². The Balaban J connectivity index is 1.65. The Morgan fingerprint density at radius 1 is 0.867 bits per heavy atom. The highest BCUT2D eigenvalue weighted by atomic mass is 79.9. The van der Waals surface area contributed by atoms with Gasteiger partial charge in [0.25, 0.3) is 0 Å². The number of carbonyl (C=O) groups excluding carboxylic acids is 2. The summed E-state index contributed by atoms with van der Waals surface area (Å²) in [6, 6.07) is 10.4. The Hall–Kier alpha value is -2.90. The van der Waals surface area contributed by atoms with E-state index in [1.807, 2.05) is 19.1 Å². The number of nitrogens with zero attached hydrogens (tertiary/aromatic N) is 1. The number of Topliss-reactive ketones (excluding diaryl/α,β-unsaturated/α-hetero) is 2. The van der Waals surface area contributed by atoms with Gasteiger partial charge in [-0.15, -0.1) is 0 Å². The molecule has 0 fully saturated rings. The van der Waals surface area contributed by atoms with Crippen LogP contribution in [0.25, 0.3) is 0 Å². The Morgan fingerprint density at radius 2 is 1.49 bits per heavy atom. The number of hydrogen-bond acceptors (Lipinski definition) is 6. The molecule has 6 nitrogen and oxygen atoms in total. The quantitative estimate of drug-likeness (QED) is 0.234. The lowest BCUT2D eigenvalue weighted by molar-refractivity contribution is -0.119. The molecule has 7 heteroatoms. The molecule has 3 aliphatic rings. The topological polar surface area (TPSA) is 65.1 Å². The van der Waals surface area contributed by atoms with Gasteiger partial charge in [0, 0.05) is 61.6 Å². The molecule has 0 atom stereocenters. The van der Waals surface area contributed by atoms with Crippen LogP contribution in [0.2, 0.25) is 0 Å². The molecule has 2 aromatic rings. The van der Waals surface area contributed by atoms with E-state index in [4.69, 9.17) is 14.2 Å². The maximum atomic E-state index is 14.2. The summed E-state index contributed by atoms with van der Waals surface area (Å²) in [5, 5.41) is 0. The minimum absolute atomic E-state index is 0.122.